The van der Waals surface area contributed by atoms with Crippen molar-refractivity contribution in [2.45, 2.75) is 20.8 Å². The summed E-state index contributed by atoms with van der Waals surface area (Å²) in [4.78, 5) is 16.9. The van der Waals surface area contributed by atoms with Crippen molar-refractivity contribution in [1.29, 1.82) is 0 Å². The molecule has 5 nitrogen and oxygen atoms in total. The summed E-state index contributed by atoms with van der Waals surface area (Å²) >= 11 is 12.5. The Morgan fingerprint density at radius 2 is 1.94 bits per heavy atom. The molecule has 0 saturated heterocycles. The number of aryl methyl sites for hydroxylation is 2. The maximum absolute atomic E-state index is 12.7. The number of nitrogens with zero attached hydrogens (tertiary/aromatic N) is 1. The molecule has 0 aliphatic carbocycles. The van der Waals surface area contributed by atoms with Crippen LogP contribution in [0, 0.1) is 13.8 Å². The van der Waals surface area contributed by atoms with Crippen LogP contribution >= 0.6 is 23.2 Å². The minimum Gasteiger partial charge on any atom is -0.496 e. The molecule has 0 bridgehead atoms. The number of rotatable bonds is 5. The van der Waals surface area contributed by atoms with Crippen LogP contribution in [0.3, 0.4) is 0 Å². The Morgan fingerprint density at radius 1 is 1.15 bits per heavy atom. The van der Waals surface area contributed by atoms with Crippen LogP contribution in [0.5, 0.6) is 5.75 Å². The topological polar surface area (TPSA) is 64.4 Å². The van der Waals surface area contributed by atoms with E-state index in [0.29, 0.717) is 27.2 Å². The molecule has 0 fully saturated rings. The summed E-state index contributed by atoms with van der Waals surface area (Å²) in [5, 5.41) is 4.78. The summed E-state index contributed by atoms with van der Waals surface area (Å²) in [5.74, 6) is 0.892. The molecule has 0 spiro atoms. The second-order valence-corrected chi connectivity index (χ2v) is 8.56. The predicted octanol–water partition coefficient (Wildman–Crippen LogP) is 7.47. The molecular weight excluding hydrogens is 459 g/mol. The van der Waals surface area contributed by atoms with Gasteiger partial charge < -0.3 is 14.5 Å². The molecule has 4 aromatic rings. The number of nitrogens with one attached hydrogen (secondary N) is 1. The van der Waals surface area contributed by atoms with Crippen molar-refractivity contribution in [3.63, 3.8) is 0 Å². The molecular formula is C26H22Cl2N2O3. The summed E-state index contributed by atoms with van der Waals surface area (Å²) in [6, 6.07) is 11.0. The lowest BCUT2D eigenvalue weighted by Crippen LogP contribution is -2.11. The highest BCUT2D eigenvalue weighted by atomic mass is 35.5. The number of hydrogen-bond acceptors (Lipinski definition) is 4. The predicted molar refractivity (Wildman–Crippen MR) is 134 cm³/mol. The third kappa shape index (κ3) is 4.47. The van der Waals surface area contributed by atoms with E-state index in [1.54, 1.807) is 31.7 Å². The Balaban J connectivity index is 1.80. The number of amides is 1. The van der Waals surface area contributed by atoms with Gasteiger partial charge in [0.1, 0.15) is 17.2 Å². The van der Waals surface area contributed by atoms with Gasteiger partial charge >= 0.3 is 0 Å². The van der Waals surface area contributed by atoms with Gasteiger partial charge in [-0.25, -0.2) is 4.98 Å². The number of hydrogen-bond donors (Lipinski definition) is 1. The number of halogens is 2. The molecule has 2 heterocycles. The first-order valence-corrected chi connectivity index (χ1v) is 11.0. The molecule has 33 heavy (non-hydrogen) atoms. The second kappa shape index (κ2) is 9.30. The first-order valence-electron chi connectivity index (χ1n) is 10.3. The van der Waals surface area contributed by atoms with Crippen molar-refractivity contribution in [2.24, 2.45) is 0 Å². The fourth-order valence-corrected chi connectivity index (χ4v) is 4.34. The summed E-state index contributed by atoms with van der Waals surface area (Å²) in [7, 11) is 1.60. The third-order valence-corrected chi connectivity index (χ3v) is 6.04. The Labute approximate surface area is 202 Å². The van der Waals surface area contributed by atoms with Crippen molar-refractivity contribution in [3.05, 3.63) is 81.7 Å². The number of methoxy groups -OCH3 is 1. The average molecular weight is 481 g/mol. The van der Waals surface area contributed by atoms with Gasteiger partial charge in [0.15, 0.2) is 0 Å². The zero-order valence-electron chi connectivity index (χ0n) is 18.6. The summed E-state index contributed by atoms with van der Waals surface area (Å²) in [6.07, 6.45) is 4.85. The normalized spacial score (nSPS) is 11.6. The van der Waals surface area contributed by atoms with E-state index in [-0.39, 0.29) is 5.91 Å². The van der Waals surface area contributed by atoms with Crippen LogP contribution in [0.4, 0.5) is 5.82 Å². The van der Waals surface area contributed by atoms with Crippen LogP contribution < -0.4 is 10.1 Å². The fraction of sp³-hybridized carbons (Fsp3) is 0.154. The highest BCUT2D eigenvalue weighted by molar-refractivity contribution is 6.36. The van der Waals surface area contributed by atoms with Crippen LogP contribution in [0.25, 0.3) is 27.7 Å². The monoisotopic (exact) mass is 480 g/mol. The van der Waals surface area contributed by atoms with Crippen molar-refractivity contribution in [1.82, 2.24) is 4.98 Å². The van der Waals surface area contributed by atoms with Crippen LogP contribution in [0.15, 0.2) is 59.4 Å². The molecule has 2 aromatic heterocycles. The largest absolute Gasteiger partial charge is 0.496 e. The Bertz CT molecular complexity index is 1410. The number of allylic oxidation sites excluding steroid dienone is 1. The van der Waals surface area contributed by atoms with E-state index in [9.17, 15) is 4.79 Å². The zero-order chi connectivity index (χ0) is 23.7. The molecule has 0 atom stereocenters. The van der Waals surface area contributed by atoms with Gasteiger partial charge in [0.2, 0.25) is 5.91 Å². The number of furan rings is 1. The van der Waals surface area contributed by atoms with E-state index in [0.717, 1.165) is 38.8 Å². The lowest BCUT2D eigenvalue weighted by atomic mass is 9.96. The van der Waals surface area contributed by atoms with Gasteiger partial charge in [-0.15, -0.1) is 0 Å². The van der Waals surface area contributed by atoms with E-state index in [4.69, 9.17) is 32.4 Å². The molecule has 1 N–H and O–H groups in total. The highest BCUT2D eigenvalue weighted by Crippen LogP contribution is 2.42. The molecule has 0 aliphatic rings. The molecule has 0 unspecified atom stereocenters. The van der Waals surface area contributed by atoms with Gasteiger partial charge in [-0.2, -0.15) is 0 Å². The first kappa shape index (κ1) is 22.9. The van der Waals surface area contributed by atoms with Crippen LogP contribution in [0.2, 0.25) is 10.0 Å². The maximum atomic E-state index is 12.7. The number of aromatic nitrogens is 1. The number of ether oxygens (including phenoxy) is 1. The third-order valence-electron chi connectivity index (χ3n) is 5.49. The molecule has 1 amide bonds. The molecule has 0 aliphatic heterocycles. The van der Waals surface area contributed by atoms with Crippen LogP contribution in [0.1, 0.15) is 23.6 Å². The number of carbonyl (C=O) groups is 1. The van der Waals surface area contributed by atoms with Crippen molar-refractivity contribution < 1.29 is 13.9 Å². The lowest BCUT2D eigenvalue weighted by Gasteiger charge is -2.13. The number of anilines is 1. The molecule has 0 radical (unpaired) electrons. The van der Waals surface area contributed by atoms with Crippen molar-refractivity contribution >= 4 is 51.5 Å². The van der Waals surface area contributed by atoms with Crippen LogP contribution in [-0.4, -0.2) is 18.0 Å². The molecule has 7 heteroatoms. The van der Waals surface area contributed by atoms with Gasteiger partial charge in [0, 0.05) is 44.9 Å². The molecule has 0 saturated carbocycles. The van der Waals surface area contributed by atoms with E-state index in [1.807, 2.05) is 45.0 Å². The van der Waals surface area contributed by atoms with Gasteiger partial charge in [-0.05, 0) is 56.2 Å². The minimum atomic E-state index is -0.276. The Hall–Kier alpha value is -3.28. The van der Waals surface area contributed by atoms with Gasteiger partial charge in [0.05, 0.1) is 18.4 Å². The number of pyridine rings is 1. The van der Waals surface area contributed by atoms with Crippen molar-refractivity contribution in [3.8, 4) is 16.9 Å². The van der Waals surface area contributed by atoms with Gasteiger partial charge in [-0.3, -0.25) is 4.79 Å². The van der Waals surface area contributed by atoms with E-state index < -0.39 is 0 Å². The zero-order valence-corrected chi connectivity index (χ0v) is 20.1. The molecule has 168 valence electrons. The maximum Gasteiger partial charge on any atom is 0.249 e. The van der Waals surface area contributed by atoms with Gasteiger partial charge in [-0.1, -0.05) is 35.3 Å². The summed E-state index contributed by atoms with van der Waals surface area (Å²) in [5.41, 5.74) is 5.56. The van der Waals surface area contributed by atoms with E-state index in [2.05, 4.69) is 10.3 Å². The highest BCUT2D eigenvalue weighted by Gasteiger charge is 2.20. The molecule has 4 rings (SSSR count). The van der Waals surface area contributed by atoms with E-state index >= 15 is 0 Å². The quantitative estimate of drug-likeness (QED) is 0.301. The lowest BCUT2D eigenvalue weighted by molar-refractivity contribution is -0.111. The Morgan fingerprint density at radius 3 is 2.64 bits per heavy atom. The van der Waals surface area contributed by atoms with Crippen molar-refractivity contribution in [2.75, 3.05) is 12.4 Å². The van der Waals surface area contributed by atoms with E-state index in [1.165, 1.54) is 6.08 Å². The number of fused-ring (bicyclic) bond motifs is 1. The minimum absolute atomic E-state index is 0.276. The van der Waals surface area contributed by atoms with Gasteiger partial charge in [0.25, 0.3) is 0 Å². The Kier molecular flexibility index (Phi) is 6.45. The SMILES string of the molecule is COc1c(/C(C)=C/C(=O)Nc2ncccc2C)cc2c(-c3ccc(Cl)cc3Cl)coc2c1C. The van der Waals surface area contributed by atoms with Crippen LogP contribution in [-0.2, 0) is 4.79 Å². The summed E-state index contributed by atoms with van der Waals surface area (Å²) < 4.78 is 11.6. The number of benzene rings is 2. The first-order chi connectivity index (χ1) is 15.8. The molecule has 2 aromatic carbocycles. The number of carbonyl (C=O) groups excluding carboxylic acids is 1. The second-order valence-electron chi connectivity index (χ2n) is 7.72. The smallest absolute Gasteiger partial charge is 0.249 e. The summed E-state index contributed by atoms with van der Waals surface area (Å²) in [6.45, 7) is 5.68. The standard InChI is InChI=1S/C26H22Cl2N2O3/c1-14-6-5-9-29-26(14)30-23(31)10-15(2)19-12-20-21(18-8-7-17(27)11-22(18)28)13-33-25(20)16(3)24(19)32-4/h5-13H,1-4H3,(H,29,30,31)/b15-10+. The fourth-order valence-electron chi connectivity index (χ4n) is 3.83. The average Bonchev–Trinajstić information content (AvgIpc) is 3.19.